The molecule has 1 amide bonds. The summed E-state index contributed by atoms with van der Waals surface area (Å²) in [7, 11) is 0. The molecular formula is C34H31Br3N2O4. The number of carbonyl (C=O) groups excluding carboxylic acids is 1. The molecule has 1 aliphatic rings. The standard InChI is InChI=1S/C34H31Br3N2O4/c35-26-14-10-23(11-15-26)18-19-38-33(41)34(22-25-6-1-3-8-29(25)36)31(28-7-2-4-9-30(28)37)43-32(39-34)24-12-16-27(17-13-24)42-21-5-20-40/h1-4,6-17,31,40H,5,18-22H2,(H,38,41)/t31-,34-/m1/s1. The number of rotatable bonds is 12. The zero-order chi connectivity index (χ0) is 30.2. The van der Waals surface area contributed by atoms with Gasteiger partial charge >= 0.3 is 0 Å². The molecule has 43 heavy (non-hydrogen) atoms. The number of carbonyl (C=O) groups is 1. The second-order valence-electron chi connectivity index (χ2n) is 10.2. The molecule has 6 nitrogen and oxygen atoms in total. The predicted molar refractivity (Wildman–Crippen MR) is 180 cm³/mol. The second-order valence-corrected chi connectivity index (χ2v) is 12.8. The number of aliphatic hydroxyl groups is 1. The summed E-state index contributed by atoms with van der Waals surface area (Å²) in [6, 6.07) is 31.2. The number of aliphatic imine (C=N–C) groups is 1. The van der Waals surface area contributed by atoms with E-state index in [9.17, 15) is 4.79 Å². The minimum atomic E-state index is -1.29. The summed E-state index contributed by atoms with van der Waals surface area (Å²) in [5.41, 5.74) is 2.35. The lowest BCUT2D eigenvalue weighted by Gasteiger charge is -2.31. The Bertz CT molecular complexity index is 1580. The maximum absolute atomic E-state index is 14.4. The first-order valence-corrected chi connectivity index (χ1v) is 16.4. The minimum Gasteiger partial charge on any atom is -0.494 e. The van der Waals surface area contributed by atoms with E-state index in [-0.39, 0.29) is 12.5 Å². The number of benzene rings is 4. The van der Waals surface area contributed by atoms with E-state index in [1.807, 2.05) is 97.1 Å². The fraction of sp³-hybridized carbons (Fsp3) is 0.235. The average molecular weight is 771 g/mol. The van der Waals surface area contributed by atoms with Crippen molar-refractivity contribution in [2.45, 2.75) is 30.9 Å². The van der Waals surface area contributed by atoms with Crippen LogP contribution < -0.4 is 10.1 Å². The van der Waals surface area contributed by atoms with Crippen LogP contribution in [0.1, 0.15) is 34.8 Å². The van der Waals surface area contributed by atoms with Gasteiger partial charge in [-0.05, 0) is 66.1 Å². The van der Waals surface area contributed by atoms with Crippen LogP contribution in [0.5, 0.6) is 5.75 Å². The van der Waals surface area contributed by atoms with E-state index in [2.05, 4.69) is 53.1 Å². The van der Waals surface area contributed by atoms with Crippen LogP contribution >= 0.6 is 47.8 Å². The molecule has 0 aromatic heterocycles. The molecule has 2 atom stereocenters. The highest BCUT2D eigenvalue weighted by Crippen LogP contribution is 2.45. The van der Waals surface area contributed by atoms with Crippen LogP contribution in [-0.4, -0.2) is 42.2 Å². The molecule has 2 N–H and O–H groups in total. The molecule has 0 aliphatic carbocycles. The molecule has 5 rings (SSSR count). The first-order chi connectivity index (χ1) is 20.9. The number of nitrogens with one attached hydrogen (secondary N) is 1. The number of hydrogen-bond acceptors (Lipinski definition) is 5. The molecule has 0 radical (unpaired) electrons. The lowest BCUT2D eigenvalue weighted by Crippen LogP contribution is -2.50. The molecule has 0 bridgehead atoms. The number of amides is 1. The van der Waals surface area contributed by atoms with Crippen molar-refractivity contribution in [1.29, 1.82) is 0 Å². The lowest BCUT2D eigenvalue weighted by molar-refractivity contribution is -0.128. The molecular weight excluding hydrogens is 740 g/mol. The largest absolute Gasteiger partial charge is 0.494 e. The van der Waals surface area contributed by atoms with Crippen LogP contribution in [0.3, 0.4) is 0 Å². The SMILES string of the molecule is O=C(NCCc1ccc(Br)cc1)[C@]1(Cc2ccccc2Br)N=C(c2ccc(OCCCO)cc2)O[C@@H]1c1ccccc1Br. The highest BCUT2D eigenvalue weighted by atomic mass is 79.9. The molecule has 1 aliphatic heterocycles. The van der Waals surface area contributed by atoms with Crippen molar-refractivity contribution >= 4 is 59.6 Å². The Kier molecular flexibility index (Phi) is 10.7. The molecule has 0 saturated heterocycles. The third-order valence-electron chi connectivity index (χ3n) is 7.25. The Balaban J connectivity index is 1.53. The molecule has 0 saturated carbocycles. The Labute approximate surface area is 276 Å². The van der Waals surface area contributed by atoms with Gasteiger partial charge in [0.1, 0.15) is 5.75 Å². The van der Waals surface area contributed by atoms with Crippen LogP contribution in [0.4, 0.5) is 0 Å². The second kappa shape index (κ2) is 14.7. The molecule has 0 fully saturated rings. The van der Waals surface area contributed by atoms with Crippen molar-refractivity contribution in [3.8, 4) is 5.75 Å². The van der Waals surface area contributed by atoms with Crippen LogP contribution in [0, 0.1) is 0 Å². The lowest BCUT2D eigenvalue weighted by atomic mass is 9.82. The quantitative estimate of drug-likeness (QED) is 0.146. The summed E-state index contributed by atoms with van der Waals surface area (Å²) < 4.78 is 15.1. The molecule has 222 valence electrons. The van der Waals surface area contributed by atoms with Crippen molar-refractivity contribution in [2.75, 3.05) is 19.8 Å². The fourth-order valence-electron chi connectivity index (χ4n) is 5.00. The van der Waals surface area contributed by atoms with E-state index in [4.69, 9.17) is 19.6 Å². The topological polar surface area (TPSA) is 80.2 Å². The van der Waals surface area contributed by atoms with Crippen molar-refractivity contribution in [3.63, 3.8) is 0 Å². The van der Waals surface area contributed by atoms with Gasteiger partial charge in [-0.2, -0.15) is 0 Å². The number of aliphatic hydroxyl groups excluding tert-OH is 1. The van der Waals surface area contributed by atoms with Crippen LogP contribution in [-0.2, 0) is 22.4 Å². The van der Waals surface area contributed by atoms with Gasteiger partial charge in [0.15, 0.2) is 11.6 Å². The van der Waals surface area contributed by atoms with Gasteiger partial charge in [0.05, 0.1) is 6.61 Å². The van der Waals surface area contributed by atoms with Gasteiger partial charge in [-0.25, -0.2) is 4.99 Å². The van der Waals surface area contributed by atoms with Crippen LogP contribution in [0.25, 0.3) is 0 Å². The molecule has 0 unspecified atom stereocenters. The number of hydrogen-bond donors (Lipinski definition) is 2. The first kappa shape index (κ1) is 31.4. The van der Waals surface area contributed by atoms with Gasteiger partial charge in [-0.15, -0.1) is 0 Å². The summed E-state index contributed by atoms with van der Waals surface area (Å²) in [6.45, 7) is 0.947. The van der Waals surface area contributed by atoms with Gasteiger partial charge in [-0.1, -0.05) is 96.3 Å². The average Bonchev–Trinajstić information content (AvgIpc) is 3.40. The zero-order valence-electron chi connectivity index (χ0n) is 23.3. The van der Waals surface area contributed by atoms with Gasteiger partial charge in [0.2, 0.25) is 5.90 Å². The Hall–Kier alpha value is -2.98. The maximum Gasteiger partial charge on any atom is 0.252 e. The van der Waals surface area contributed by atoms with Gasteiger partial charge < -0.3 is 19.9 Å². The fourth-order valence-corrected chi connectivity index (χ4v) is 6.19. The van der Waals surface area contributed by atoms with Gasteiger partial charge in [-0.3, -0.25) is 4.79 Å². The summed E-state index contributed by atoms with van der Waals surface area (Å²) in [5.74, 6) is 0.862. The van der Waals surface area contributed by atoms with Crippen molar-refractivity contribution in [2.24, 2.45) is 4.99 Å². The minimum absolute atomic E-state index is 0.0734. The van der Waals surface area contributed by atoms with Crippen molar-refractivity contribution in [3.05, 3.63) is 133 Å². The van der Waals surface area contributed by atoms with Crippen molar-refractivity contribution in [1.82, 2.24) is 5.32 Å². The van der Waals surface area contributed by atoms with Crippen LogP contribution in [0.2, 0.25) is 0 Å². The van der Waals surface area contributed by atoms with E-state index in [0.717, 1.165) is 35.7 Å². The number of ether oxygens (including phenoxy) is 2. The Morgan fingerprint density at radius 3 is 2.30 bits per heavy atom. The summed E-state index contributed by atoms with van der Waals surface area (Å²) in [4.78, 5) is 19.6. The molecule has 4 aromatic rings. The van der Waals surface area contributed by atoms with Crippen molar-refractivity contribution < 1.29 is 19.4 Å². The summed E-state index contributed by atoms with van der Waals surface area (Å²) in [5, 5.41) is 12.2. The van der Waals surface area contributed by atoms with E-state index in [0.29, 0.717) is 44.1 Å². The van der Waals surface area contributed by atoms with Gasteiger partial charge in [0.25, 0.3) is 5.91 Å². The Morgan fingerprint density at radius 1 is 0.907 bits per heavy atom. The van der Waals surface area contributed by atoms with Gasteiger partial charge in [0, 0.05) is 50.5 Å². The number of nitrogens with zero attached hydrogens (tertiary/aromatic N) is 1. The predicted octanol–water partition coefficient (Wildman–Crippen LogP) is 7.59. The first-order valence-electron chi connectivity index (χ1n) is 14.0. The third kappa shape index (κ3) is 7.58. The summed E-state index contributed by atoms with van der Waals surface area (Å²) >= 11 is 10.9. The van der Waals surface area contributed by atoms with E-state index >= 15 is 0 Å². The van der Waals surface area contributed by atoms with E-state index in [1.54, 1.807) is 0 Å². The molecule has 9 heteroatoms. The highest BCUT2D eigenvalue weighted by molar-refractivity contribution is 9.11. The monoisotopic (exact) mass is 768 g/mol. The molecule has 0 spiro atoms. The zero-order valence-corrected chi connectivity index (χ0v) is 28.1. The Morgan fingerprint density at radius 2 is 1.60 bits per heavy atom. The maximum atomic E-state index is 14.4. The van der Waals surface area contributed by atoms with Crippen LogP contribution in [0.15, 0.2) is 115 Å². The molecule has 4 aromatic carbocycles. The highest BCUT2D eigenvalue weighted by Gasteiger charge is 2.54. The number of halogens is 3. The third-order valence-corrected chi connectivity index (χ3v) is 9.27. The smallest absolute Gasteiger partial charge is 0.252 e. The summed E-state index contributed by atoms with van der Waals surface area (Å²) in [6.07, 6.45) is 0.855. The van der Waals surface area contributed by atoms with E-state index < -0.39 is 11.6 Å². The van der Waals surface area contributed by atoms with E-state index in [1.165, 1.54) is 0 Å². The normalized spacial score (nSPS) is 17.7. The molecule has 1 heterocycles.